The van der Waals surface area contributed by atoms with Crippen LogP contribution in [0.25, 0.3) is 0 Å². The highest BCUT2D eigenvalue weighted by Crippen LogP contribution is 2.26. The first kappa shape index (κ1) is 23.9. The van der Waals surface area contributed by atoms with Gasteiger partial charge in [0.05, 0.1) is 34.2 Å². The van der Waals surface area contributed by atoms with Gasteiger partial charge in [-0.15, -0.1) is 0 Å². The summed E-state index contributed by atoms with van der Waals surface area (Å²) in [5, 5.41) is 0. The predicted molar refractivity (Wildman–Crippen MR) is 92.1 cm³/mol. The molecule has 0 aliphatic carbocycles. The zero-order valence-corrected chi connectivity index (χ0v) is 16.1. The Bertz CT molecular complexity index is 454. The lowest BCUT2D eigenvalue weighted by Crippen LogP contribution is -2.48. The standard InChI is InChI=1S/C18H30O8/c1-5-6-7-8-9-10-11-14(19)26-18(17(22)25-4,12-15(20)23-2)13-16(21)24-3/h5-13H2,1-4H3. The van der Waals surface area contributed by atoms with Crippen LogP contribution in [0.3, 0.4) is 0 Å². The van der Waals surface area contributed by atoms with Crippen molar-refractivity contribution >= 4 is 23.9 Å². The third-order valence-electron chi connectivity index (χ3n) is 3.92. The number of carbonyl (C=O) groups excluding carboxylic acids is 4. The van der Waals surface area contributed by atoms with E-state index in [1.807, 2.05) is 0 Å². The van der Waals surface area contributed by atoms with Crippen LogP contribution in [0, 0.1) is 0 Å². The average Bonchev–Trinajstić information content (AvgIpc) is 2.63. The van der Waals surface area contributed by atoms with E-state index in [0.717, 1.165) is 53.4 Å². The number of hydrogen-bond donors (Lipinski definition) is 0. The molecule has 0 heterocycles. The number of hydrogen-bond acceptors (Lipinski definition) is 8. The van der Waals surface area contributed by atoms with Crippen molar-refractivity contribution in [2.24, 2.45) is 0 Å². The molecule has 0 aliphatic heterocycles. The molecule has 0 bridgehead atoms. The van der Waals surface area contributed by atoms with Crippen molar-refractivity contribution in [3.05, 3.63) is 0 Å². The number of esters is 4. The number of unbranched alkanes of at least 4 members (excludes halogenated alkanes) is 5. The summed E-state index contributed by atoms with van der Waals surface area (Å²) in [4.78, 5) is 47.8. The lowest BCUT2D eigenvalue weighted by Gasteiger charge is -2.28. The normalized spacial score (nSPS) is 10.8. The van der Waals surface area contributed by atoms with Gasteiger partial charge in [-0.1, -0.05) is 39.0 Å². The fourth-order valence-electron chi connectivity index (χ4n) is 2.44. The molecule has 0 saturated carbocycles. The topological polar surface area (TPSA) is 105 Å². The minimum Gasteiger partial charge on any atom is -0.469 e. The minimum atomic E-state index is -2.09. The predicted octanol–water partition coefficient (Wildman–Crippen LogP) is 2.32. The van der Waals surface area contributed by atoms with Gasteiger partial charge in [0.15, 0.2) is 0 Å². The summed E-state index contributed by atoms with van der Waals surface area (Å²) in [6.45, 7) is 2.12. The number of carbonyl (C=O) groups is 4. The van der Waals surface area contributed by atoms with Crippen LogP contribution in [-0.4, -0.2) is 50.8 Å². The summed E-state index contributed by atoms with van der Waals surface area (Å²) < 4.78 is 19.0. The van der Waals surface area contributed by atoms with Gasteiger partial charge in [0.2, 0.25) is 5.60 Å². The molecule has 8 heteroatoms. The first-order valence-corrected chi connectivity index (χ1v) is 8.79. The molecule has 26 heavy (non-hydrogen) atoms. The van der Waals surface area contributed by atoms with Gasteiger partial charge in [0.1, 0.15) is 0 Å². The van der Waals surface area contributed by atoms with Crippen LogP contribution in [0.5, 0.6) is 0 Å². The van der Waals surface area contributed by atoms with Crippen LogP contribution >= 0.6 is 0 Å². The van der Waals surface area contributed by atoms with Crippen LogP contribution in [0.15, 0.2) is 0 Å². The van der Waals surface area contributed by atoms with Crippen LogP contribution in [0.4, 0.5) is 0 Å². The summed E-state index contributed by atoms with van der Waals surface area (Å²) >= 11 is 0. The fraction of sp³-hybridized carbons (Fsp3) is 0.778. The van der Waals surface area contributed by atoms with Gasteiger partial charge >= 0.3 is 23.9 Å². The van der Waals surface area contributed by atoms with Crippen molar-refractivity contribution in [3.8, 4) is 0 Å². The maximum Gasteiger partial charge on any atom is 0.351 e. The van der Waals surface area contributed by atoms with Crippen molar-refractivity contribution in [2.75, 3.05) is 21.3 Å². The van der Waals surface area contributed by atoms with Gasteiger partial charge in [-0.05, 0) is 6.42 Å². The Kier molecular flexibility index (Phi) is 12.1. The Morgan fingerprint density at radius 1 is 0.692 bits per heavy atom. The number of methoxy groups -OCH3 is 3. The van der Waals surface area contributed by atoms with E-state index in [4.69, 9.17) is 4.74 Å². The Morgan fingerprint density at radius 3 is 1.65 bits per heavy atom. The Hall–Kier alpha value is -2.12. The Labute approximate surface area is 154 Å². The Balaban J connectivity index is 5.00. The molecule has 0 amide bonds. The molecule has 8 nitrogen and oxygen atoms in total. The monoisotopic (exact) mass is 374 g/mol. The van der Waals surface area contributed by atoms with Crippen LogP contribution in [0.1, 0.15) is 64.7 Å². The van der Waals surface area contributed by atoms with E-state index in [0.29, 0.717) is 6.42 Å². The Morgan fingerprint density at radius 2 is 1.19 bits per heavy atom. The number of ether oxygens (including phenoxy) is 4. The first-order valence-electron chi connectivity index (χ1n) is 8.79. The van der Waals surface area contributed by atoms with E-state index in [-0.39, 0.29) is 6.42 Å². The van der Waals surface area contributed by atoms with Gasteiger partial charge in [0.25, 0.3) is 0 Å². The highest BCUT2D eigenvalue weighted by molar-refractivity contribution is 5.92. The van der Waals surface area contributed by atoms with Crippen molar-refractivity contribution in [3.63, 3.8) is 0 Å². The van der Waals surface area contributed by atoms with Crippen molar-refractivity contribution in [2.45, 2.75) is 70.3 Å². The molecule has 0 atom stereocenters. The van der Waals surface area contributed by atoms with E-state index >= 15 is 0 Å². The van der Waals surface area contributed by atoms with Crippen LogP contribution in [0.2, 0.25) is 0 Å². The second-order valence-electron chi connectivity index (χ2n) is 5.98. The maximum atomic E-state index is 12.2. The van der Waals surface area contributed by atoms with Crippen molar-refractivity contribution < 1.29 is 38.1 Å². The zero-order chi connectivity index (χ0) is 20.0. The second-order valence-corrected chi connectivity index (χ2v) is 5.98. The molecule has 0 aromatic heterocycles. The van der Waals surface area contributed by atoms with Crippen molar-refractivity contribution in [1.29, 1.82) is 0 Å². The van der Waals surface area contributed by atoms with Gasteiger partial charge in [0, 0.05) is 6.42 Å². The van der Waals surface area contributed by atoms with Gasteiger partial charge in [-0.2, -0.15) is 0 Å². The molecule has 0 aromatic carbocycles. The van der Waals surface area contributed by atoms with Crippen LogP contribution in [-0.2, 0) is 38.1 Å². The SMILES string of the molecule is CCCCCCCCC(=O)OC(CC(=O)OC)(CC(=O)OC)C(=O)OC. The molecule has 150 valence electrons. The molecule has 0 spiro atoms. The molecule has 0 rings (SSSR count). The molecule has 0 saturated heterocycles. The molecule has 0 N–H and O–H groups in total. The highest BCUT2D eigenvalue weighted by atomic mass is 16.6. The van der Waals surface area contributed by atoms with Gasteiger partial charge < -0.3 is 18.9 Å². The van der Waals surface area contributed by atoms with Gasteiger partial charge in [-0.3, -0.25) is 14.4 Å². The summed E-state index contributed by atoms with van der Waals surface area (Å²) in [5.74, 6) is -3.32. The third-order valence-corrected chi connectivity index (χ3v) is 3.92. The highest BCUT2D eigenvalue weighted by Gasteiger charge is 2.48. The zero-order valence-electron chi connectivity index (χ0n) is 16.1. The summed E-state index contributed by atoms with van der Waals surface area (Å²) in [5.41, 5.74) is -2.09. The largest absolute Gasteiger partial charge is 0.469 e. The molecule has 0 fully saturated rings. The molecule has 0 radical (unpaired) electrons. The smallest absolute Gasteiger partial charge is 0.351 e. The number of rotatable bonds is 13. The fourth-order valence-corrected chi connectivity index (χ4v) is 2.44. The van der Waals surface area contributed by atoms with E-state index in [2.05, 4.69) is 21.1 Å². The first-order chi connectivity index (χ1) is 12.3. The van der Waals surface area contributed by atoms with E-state index in [1.54, 1.807) is 0 Å². The average molecular weight is 374 g/mol. The summed E-state index contributed by atoms with van der Waals surface area (Å²) in [6, 6.07) is 0. The second kappa shape index (κ2) is 13.1. The molecule has 0 aliphatic rings. The lowest BCUT2D eigenvalue weighted by atomic mass is 9.95. The summed E-state index contributed by atoms with van der Waals surface area (Å²) in [6.07, 6.45) is 4.65. The van der Waals surface area contributed by atoms with E-state index in [1.165, 1.54) is 0 Å². The molecule has 0 unspecified atom stereocenters. The van der Waals surface area contributed by atoms with Crippen molar-refractivity contribution in [1.82, 2.24) is 0 Å². The molecular weight excluding hydrogens is 344 g/mol. The quantitative estimate of drug-likeness (QED) is 0.275. The lowest BCUT2D eigenvalue weighted by molar-refractivity contribution is -0.189. The third kappa shape index (κ3) is 8.82. The van der Waals surface area contributed by atoms with E-state index < -0.39 is 42.3 Å². The molecule has 0 aromatic rings. The molecular formula is C18H30O8. The maximum absolute atomic E-state index is 12.2. The minimum absolute atomic E-state index is 0.0766. The van der Waals surface area contributed by atoms with Gasteiger partial charge in [-0.25, -0.2) is 4.79 Å². The van der Waals surface area contributed by atoms with Crippen LogP contribution < -0.4 is 0 Å². The van der Waals surface area contributed by atoms with E-state index in [9.17, 15) is 19.2 Å². The summed E-state index contributed by atoms with van der Waals surface area (Å²) in [7, 11) is 3.33.